The SMILES string of the molecule is CC(C)C(CN)CCN. The molecule has 0 aliphatic rings. The molecule has 0 radical (unpaired) electrons. The number of hydrogen-bond acceptors (Lipinski definition) is 2. The van der Waals surface area contributed by atoms with Crippen LogP contribution in [0, 0.1) is 11.8 Å². The lowest BCUT2D eigenvalue weighted by molar-refractivity contribution is 0.374. The van der Waals surface area contributed by atoms with Gasteiger partial charge in [-0.3, -0.25) is 0 Å². The van der Waals surface area contributed by atoms with Crippen LogP contribution in [-0.4, -0.2) is 13.1 Å². The van der Waals surface area contributed by atoms with Gasteiger partial charge in [-0.05, 0) is 31.3 Å². The van der Waals surface area contributed by atoms with Crippen LogP contribution in [0.4, 0.5) is 0 Å². The molecule has 0 saturated heterocycles. The first-order valence-corrected chi connectivity index (χ1v) is 3.62. The van der Waals surface area contributed by atoms with Crippen LogP contribution in [0.15, 0.2) is 0 Å². The van der Waals surface area contributed by atoms with Crippen molar-refractivity contribution in [2.75, 3.05) is 13.1 Å². The Labute approximate surface area is 57.6 Å². The first-order chi connectivity index (χ1) is 4.22. The third-order valence-corrected chi connectivity index (χ3v) is 1.78. The normalized spacial score (nSPS) is 14.3. The average Bonchev–Trinajstić information content (AvgIpc) is 1.82. The fourth-order valence-electron chi connectivity index (χ4n) is 0.937. The Morgan fingerprint density at radius 3 is 1.89 bits per heavy atom. The van der Waals surface area contributed by atoms with E-state index < -0.39 is 0 Å². The molecule has 2 nitrogen and oxygen atoms in total. The molecule has 1 unspecified atom stereocenters. The second-order valence-electron chi connectivity index (χ2n) is 2.82. The van der Waals surface area contributed by atoms with E-state index in [1.54, 1.807) is 0 Å². The largest absolute Gasteiger partial charge is 0.330 e. The van der Waals surface area contributed by atoms with Crippen LogP contribution in [0.5, 0.6) is 0 Å². The lowest BCUT2D eigenvalue weighted by Gasteiger charge is -2.16. The first kappa shape index (κ1) is 8.92. The molecule has 0 rings (SSSR count). The van der Waals surface area contributed by atoms with Gasteiger partial charge in [-0.15, -0.1) is 0 Å². The van der Waals surface area contributed by atoms with Crippen LogP contribution in [0.1, 0.15) is 20.3 Å². The summed E-state index contributed by atoms with van der Waals surface area (Å²) in [6.45, 7) is 5.91. The molecule has 0 aromatic carbocycles. The summed E-state index contributed by atoms with van der Waals surface area (Å²) in [5.41, 5.74) is 10.9. The van der Waals surface area contributed by atoms with Gasteiger partial charge in [-0.25, -0.2) is 0 Å². The molecule has 0 aromatic rings. The van der Waals surface area contributed by atoms with Crippen LogP contribution in [-0.2, 0) is 0 Å². The van der Waals surface area contributed by atoms with Gasteiger partial charge in [0.25, 0.3) is 0 Å². The fourth-order valence-corrected chi connectivity index (χ4v) is 0.937. The fraction of sp³-hybridized carbons (Fsp3) is 1.00. The standard InChI is InChI=1S/C7H18N2/c1-6(2)7(5-9)3-4-8/h6-7H,3-5,8-9H2,1-2H3. The molecule has 0 bridgehead atoms. The van der Waals surface area contributed by atoms with Crippen LogP contribution in [0.25, 0.3) is 0 Å². The number of rotatable bonds is 4. The lowest BCUT2D eigenvalue weighted by atomic mass is 9.93. The Morgan fingerprint density at radius 1 is 1.22 bits per heavy atom. The zero-order chi connectivity index (χ0) is 7.28. The van der Waals surface area contributed by atoms with Gasteiger partial charge in [0.2, 0.25) is 0 Å². The summed E-state index contributed by atoms with van der Waals surface area (Å²) < 4.78 is 0. The molecular formula is C7H18N2. The second kappa shape index (κ2) is 4.77. The minimum atomic E-state index is 0.620. The van der Waals surface area contributed by atoms with E-state index in [2.05, 4.69) is 13.8 Å². The predicted molar refractivity (Wildman–Crippen MR) is 41.1 cm³/mol. The second-order valence-corrected chi connectivity index (χ2v) is 2.82. The molecule has 0 fully saturated rings. The van der Waals surface area contributed by atoms with Crippen molar-refractivity contribution < 1.29 is 0 Å². The van der Waals surface area contributed by atoms with Gasteiger partial charge in [-0.2, -0.15) is 0 Å². The van der Waals surface area contributed by atoms with Gasteiger partial charge in [0.05, 0.1) is 0 Å². The molecule has 56 valence electrons. The van der Waals surface area contributed by atoms with Gasteiger partial charge in [0, 0.05) is 0 Å². The summed E-state index contributed by atoms with van der Waals surface area (Å²) in [4.78, 5) is 0. The predicted octanol–water partition coefficient (Wildman–Crippen LogP) is 0.566. The van der Waals surface area contributed by atoms with E-state index in [1.165, 1.54) is 0 Å². The Bertz CT molecular complexity index is 61.9. The van der Waals surface area contributed by atoms with E-state index in [9.17, 15) is 0 Å². The smallest absolute Gasteiger partial charge is 0.00459 e. The van der Waals surface area contributed by atoms with Gasteiger partial charge in [-0.1, -0.05) is 13.8 Å². The van der Waals surface area contributed by atoms with Crippen molar-refractivity contribution in [1.29, 1.82) is 0 Å². The van der Waals surface area contributed by atoms with E-state index in [-0.39, 0.29) is 0 Å². The number of nitrogens with two attached hydrogens (primary N) is 2. The van der Waals surface area contributed by atoms with Gasteiger partial charge < -0.3 is 11.5 Å². The Hall–Kier alpha value is -0.0800. The van der Waals surface area contributed by atoms with Crippen molar-refractivity contribution in [1.82, 2.24) is 0 Å². The molecular weight excluding hydrogens is 112 g/mol. The zero-order valence-electron chi connectivity index (χ0n) is 6.43. The summed E-state index contributed by atoms with van der Waals surface area (Å²) in [5, 5.41) is 0. The van der Waals surface area contributed by atoms with Crippen LogP contribution < -0.4 is 11.5 Å². The first-order valence-electron chi connectivity index (χ1n) is 3.62. The molecule has 0 spiro atoms. The van der Waals surface area contributed by atoms with Crippen molar-refractivity contribution in [2.45, 2.75) is 20.3 Å². The van der Waals surface area contributed by atoms with E-state index in [0.717, 1.165) is 19.5 Å². The summed E-state index contributed by atoms with van der Waals surface area (Å²) in [6, 6.07) is 0. The molecule has 1 atom stereocenters. The Kier molecular flexibility index (Phi) is 4.72. The molecule has 0 heterocycles. The molecule has 0 aliphatic heterocycles. The Balaban J connectivity index is 3.41. The van der Waals surface area contributed by atoms with Crippen molar-refractivity contribution in [3.8, 4) is 0 Å². The topological polar surface area (TPSA) is 52.0 Å². The average molecular weight is 130 g/mol. The number of hydrogen-bond donors (Lipinski definition) is 2. The molecule has 9 heavy (non-hydrogen) atoms. The highest BCUT2D eigenvalue weighted by Crippen LogP contribution is 2.11. The van der Waals surface area contributed by atoms with E-state index in [4.69, 9.17) is 11.5 Å². The highest BCUT2D eigenvalue weighted by molar-refractivity contribution is 4.63. The van der Waals surface area contributed by atoms with Crippen molar-refractivity contribution in [2.24, 2.45) is 23.3 Å². The van der Waals surface area contributed by atoms with Crippen molar-refractivity contribution >= 4 is 0 Å². The van der Waals surface area contributed by atoms with Gasteiger partial charge >= 0.3 is 0 Å². The van der Waals surface area contributed by atoms with Crippen LogP contribution in [0.3, 0.4) is 0 Å². The third kappa shape index (κ3) is 3.49. The molecule has 4 N–H and O–H groups in total. The Morgan fingerprint density at radius 2 is 1.78 bits per heavy atom. The molecule has 0 saturated carbocycles. The minimum absolute atomic E-state index is 0.620. The van der Waals surface area contributed by atoms with E-state index in [0.29, 0.717) is 11.8 Å². The summed E-state index contributed by atoms with van der Waals surface area (Å²) in [7, 11) is 0. The molecule has 2 heteroatoms. The summed E-state index contributed by atoms with van der Waals surface area (Å²) in [5.74, 6) is 1.30. The third-order valence-electron chi connectivity index (χ3n) is 1.78. The summed E-state index contributed by atoms with van der Waals surface area (Å²) in [6.07, 6.45) is 1.06. The minimum Gasteiger partial charge on any atom is -0.330 e. The quantitative estimate of drug-likeness (QED) is 0.584. The molecule has 0 aromatic heterocycles. The lowest BCUT2D eigenvalue weighted by Crippen LogP contribution is -2.22. The van der Waals surface area contributed by atoms with E-state index in [1.807, 2.05) is 0 Å². The van der Waals surface area contributed by atoms with Crippen LogP contribution in [0.2, 0.25) is 0 Å². The maximum atomic E-state index is 5.50. The van der Waals surface area contributed by atoms with Gasteiger partial charge in [0.1, 0.15) is 0 Å². The van der Waals surface area contributed by atoms with Gasteiger partial charge in [0.15, 0.2) is 0 Å². The van der Waals surface area contributed by atoms with Crippen LogP contribution >= 0.6 is 0 Å². The maximum absolute atomic E-state index is 5.50. The van der Waals surface area contributed by atoms with E-state index >= 15 is 0 Å². The monoisotopic (exact) mass is 130 g/mol. The summed E-state index contributed by atoms with van der Waals surface area (Å²) >= 11 is 0. The zero-order valence-corrected chi connectivity index (χ0v) is 6.43. The maximum Gasteiger partial charge on any atom is -0.00459 e. The molecule has 0 aliphatic carbocycles. The highest BCUT2D eigenvalue weighted by atomic mass is 14.6. The molecule has 0 amide bonds. The van der Waals surface area contributed by atoms with Crippen molar-refractivity contribution in [3.05, 3.63) is 0 Å². The highest BCUT2D eigenvalue weighted by Gasteiger charge is 2.08. The van der Waals surface area contributed by atoms with Crippen molar-refractivity contribution in [3.63, 3.8) is 0 Å².